The topological polar surface area (TPSA) is 42.8 Å². The van der Waals surface area contributed by atoms with Gasteiger partial charge in [0.15, 0.2) is 0 Å². The standard InChI is InChI=1S/C25H32N4O2.ClH/c1-30-25-10-3-2-9-24(25)29-16-14-27(15-17-29)12-4-5-18-31-23-8-6-7-22(19-23)20-28-13-11-26-21-28;/h2-3,6-11,13,19,21H,4-5,12,14-18,20H2,1H3;1H. The molecule has 1 saturated heterocycles. The summed E-state index contributed by atoms with van der Waals surface area (Å²) in [6.45, 7) is 6.98. The Labute approximate surface area is 197 Å². The molecule has 6 nitrogen and oxygen atoms in total. The van der Waals surface area contributed by atoms with E-state index >= 15 is 0 Å². The van der Waals surface area contributed by atoms with Crippen molar-refractivity contribution < 1.29 is 9.47 Å². The molecule has 0 atom stereocenters. The summed E-state index contributed by atoms with van der Waals surface area (Å²) in [5.74, 6) is 1.91. The Morgan fingerprint density at radius 2 is 1.81 bits per heavy atom. The number of halogens is 1. The first-order chi connectivity index (χ1) is 15.3. The van der Waals surface area contributed by atoms with Crippen molar-refractivity contribution in [3.63, 3.8) is 0 Å². The fraction of sp³-hybridized carbons (Fsp3) is 0.400. The summed E-state index contributed by atoms with van der Waals surface area (Å²) in [5.41, 5.74) is 2.43. The number of benzene rings is 2. The molecule has 32 heavy (non-hydrogen) atoms. The lowest BCUT2D eigenvalue weighted by Crippen LogP contribution is -2.46. The number of imidazole rings is 1. The van der Waals surface area contributed by atoms with Gasteiger partial charge in [-0.3, -0.25) is 4.90 Å². The average Bonchev–Trinajstić information content (AvgIpc) is 3.32. The number of hydrogen-bond acceptors (Lipinski definition) is 5. The summed E-state index contributed by atoms with van der Waals surface area (Å²) in [5, 5.41) is 0. The number of para-hydroxylation sites is 2. The second-order valence-corrected chi connectivity index (χ2v) is 7.94. The van der Waals surface area contributed by atoms with Crippen LogP contribution in [0, 0.1) is 0 Å². The molecule has 0 saturated carbocycles. The van der Waals surface area contributed by atoms with Crippen LogP contribution in [0.25, 0.3) is 0 Å². The molecule has 0 aliphatic carbocycles. The van der Waals surface area contributed by atoms with Crippen molar-refractivity contribution in [2.45, 2.75) is 19.4 Å². The van der Waals surface area contributed by atoms with Gasteiger partial charge < -0.3 is 18.9 Å². The van der Waals surface area contributed by atoms with Crippen LogP contribution in [0.3, 0.4) is 0 Å². The maximum atomic E-state index is 5.99. The summed E-state index contributed by atoms with van der Waals surface area (Å²) in [4.78, 5) is 9.08. The number of unbranched alkanes of at least 4 members (excludes halogenated alkanes) is 1. The van der Waals surface area contributed by atoms with Gasteiger partial charge in [0.25, 0.3) is 0 Å². The van der Waals surface area contributed by atoms with Gasteiger partial charge in [-0.15, -0.1) is 12.4 Å². The van der Waals surface area contributed by atoms with Gasteiger partial charge in [-0.25, -0.2) is 4.98 Å². The first-order valence-electron chi connectivity index (χ1n) is 11.1. The molecule has 0 amide bonds. The number of methoxy groups -OCH3 is 1. The van der Waals surface area contributed by atoms with E-state index in [1.54, 1.807) is 13.3 Å². The zero-order valence-electron chi connectivity index (χ0n) is 18.7. The summed E-state index contributed by atoms with van der Waals surface area (Å²) in [6, 6.07) is 16.6. The molecule has 1 fully saturated rings. The van der Waals surface area contributed by atoms with Crippen molar-refractivity contribution in [3.05, 3.63) is 72.8 Å². The molecule has 0 spiro atoms. The Bertz CT molecular complexity index is 927. The van der Waals surface area contributed by atoms with E-state index in [0.29, 0.717) is 0 Å². The molecule has 3 aromatic rings. The van der Waals surface area contributed by atoms with Crippen molar-refractivity contribution in [1.82, 2.24) is 14.5 Å². The Hall–Kier alpha value is -2.70. The van der Waals surface area contributed by atoms with Crippen LogP contribution in [0.1, 0.15) is 18.4 Å². The largest absolute Gasteiger partial charge is 0.495 e. The van der Waals surface area contributed by atoms with E-state index in [-0.39, 0.29) is 12.4 Å². The lowest BCUT2D eigenvalue weighted by Gasteiger charge is -2.36. The minimum absolute atomic E-state index is 0. The summed E-state index contributed by atoms with van der Waals surface area (Å²) in [7, 11) is 1.74. The SMILES string of the molecule is COc1ccccc1N1CCN(CCCCOc2cccc(Cn3ccnc3)c2)CC1.Cl. The summed E-state index contributed by atoms with van der Waals surface area (Å²) < 4.78 is 13.6. The molecule has 1 aliphatic heterocycles. The molecule has 0 bridgehead atoms. The fourth-order valence-corrected chi connectivity index (χ4v) is 4.06. The Morgan fingerprint density at radius 3 is 2.59 bits per heavy atom. The minimum Gasteiger partial charge on any atom is -0.495 e. The quantitative estimate of drug-likeness (QED) is 0.424. The molecule has 7 heteroatoms. The van der Waals surface area contributed by atoms with Crippen LogP contribution in [0.15, 0.2) is 67.3 Å². The highest BCUT2D eigenvalue weighted by molar-refractivity contribution is 5.85. The van der Waals surface area contributed by atoms with Gasteiger partial charge in [0, 0.05) is 45.1 Å². The fourth-order valence-electron chi connectivity index (χ4n) is 4.06. The maximum Gasteiger partial charge on any atom is 0.142 e. The number of anilines is 1. The van der Waals surface area contributed by atoms with Gasteiger partial charge in [-0.2, -0.15) is 0 Å². The normalized spacial score (nSPS) is 14.1. The predicted octanol–water partition coefficient (Wildman–Crippen LogP) is 4.34. The lowest BCUT2D eigenvalue weighted by atomic mass is 10.2. The number of aromatic nitrogens is 2. The van der Waals surface area contributed by atoms with Gasteiger partial charge in [-0.05, 0) is 49.2 Å². The number of ether oxygens (including phenoxy) is 2. The van der Waals surface area contributed by atoms with Crippen molar-refractivity contribution in [2.75, 3.05) is 51.3 Å². The number of nitrogens with zero attached hydrogens (tertiary/aromatic N) is 4. The molecule has 1 aromatic heterocycles. The molecule has 2 heterocycles. The summed E-state index contributed by atoms with van der Waals surface area (Å²) in [6.07, 6.45) is 7.84. The number of piperazine rings is 1. The predicted molar refractivity (Wildman–Crippen MR) is 131 cm³/mol. The number of rotatable bonds is 10. The summed E-state index contributed by atoms with van der Waals surface area (Å²) >= 11 is 0. The van der Waals surface area contributed by atoms with E-state index in [9.17, 15) is 0 Å². The third-order valence-electron chi connectivity index (χ3n) is 5.76. The molecule has 0 unspecified atom stereocenters. The molecule has 2 aromatic carbocycles. The molecule has 172 valence electrons. The Balaban J connectivity index is 0.00000289. The third-order valence-corrected chi connectivity index (χ3v) is 5.76. The molecule has 4 rings (SSSR count). The van der Waals surface area contributed by atoms with Crippen molar-refractivity contribution in [3.8, 4) is 11.5 Å². The van der Waals surface area contributed by atoms with Crippen LogP contribution in [0.4, 0.5) is 5.69 Å². The first-order valence-corrected chi connectivity index (χ1v) is 11.1. The van der Waals surface area contributed by atoms with E-state index in [0.717, 1.165) is 70.2 Å². The number of hydrogen-bond donors (Lipinski definition) is 0. The monoisotopic (exact) mass is 456 g/mol. The average molecular weight is 457 g/mol. The highest BCUT2D eigenvalue weighted by atomic mass is 35.5. The van der Waals surface area contributed by atoms with Gasteiger partial charge in [0.05, 0.1) is 25.7 Å². The lowest BCUT2D eigenvalue weighted by molar-refractivity contribution is 0.238. The third kappa shape index (κ3) is 6.65. The molecular weight excluding hydrogens is 424 g/mol. The molecule has 0 radical (unpaired) electrons. The van der Waals surface area contributed by atoms with Gasteiger partial charge in [0.2, 0.25) is 0 Å². The zero-order valence-corrected chi connectivity index (χ0v) is 19.5. The Kier molecular flexibility index (Phi) is 9.26. The van der Waals surface area contributed by atoms with Crippen LogP contribution in [0.2, 0.25) is 0 Å². The second-order valence-electron chi connectivity index (χ2n) is 7.94. The molecular formula is C25H33ClN4O2. The maximum absolute atomic E-state index is 5.99. The van der Waals surface area contributed by atoms with Gasteiger partial charge in [-0.1, -0.05) is 24.3 Å². The van der Waals surface area contributed by atoms with E-state index in [1.165, 1.54) is 11.3 Å². The highest BCUT2D eigenvalue weighted by Gasteiger charge is 2.19. The van der Waals surface area contributed by atoms with Crippen molar-refractivity contribution in [1.29, 1.82) is 0 Å². The van der Waals surface area contributed by atoms with E-state index in [1.807, 2.05) is 30.7 Å². The van der Waals surface area contributed by atoms with Crippen molar-refractivity contribution >= 4 is 18.1 Å². The van der Waals surface area contributed by atoms with Gasteiger partial charge in [0.1, 0.15) is 11.5 Å². The van der Waals surface area contributed by atoms with Crippen LogP contribution < -0.4 is 14.4 Å². The minimum atomic E-state index is 0. The van der Waals surface area contributed by atoms with E-state index in [2.05, 4.69) is 49.7 Å². The smallest absolute Gasteiger partial charge is 0.142 e. The van der Waals surface area contributed by atoms with Crippen LogP contribution in [-0.4, -0.2) is 60.9 Å². The first kappa shape index (κ1) is 24.0. The van der Waals surface area contributed by atoms with Gasteiger partial charge >= 0.3 is 0 Å². The van der Waals surface area contributed by atoms with Crippen molar-refractivity contribution in [2.24, 2.45) is 0 Å². The van der Waals surface area contributed by atoms with E-state index in [4.69, 9.17) is 9.47 Å². The van der Waals surface area contributed by atoms with Crippen LogP contribution in [0.5, 0.6) is 11.5 Å². The van der Waals surface area contributed by atoms with Crippen LogP contribution in [-0.2, 0) is 6.54 Å². The second kappa shape index (κ2) is 12.4. The van der Waals surface area contributed by atoms with E-state index < -0.39 is 0 Å². The zero-order chi connectivity index (χ0) is 21.3. The van der Waals surface area contributed by atoms with Crippen LogP contribution >= 0.6 is 12.4 Å². The molecule has 1 aliphatic rings. The molecule has 0 N–H and O–H groups in total. The highest BCUT2D eigenvalue weighted by Crippen LogP contribution is 2.28. The Morgan fingerprint density at radius 1 is 0.969 bits per heavy atom.